The summed E-state index contributed by atoms with van der Waals surface area (Å²) in [6, 6.07) is 15.7. The van der Waals surface area contributed by atoms with Gasteiger partial charge in [0.2, 0.25) is 6.79 Å². The maximum absolute atomic E-state index is 5.41. The maximum Gasteiger partial charge on any atom is 0.231 e. The number of benzene rings is 2. The van der Waals surface area contributed by atoms with Crippen LogP contribution in [-0.2, 0) is 6.54 Å². The molecule has 0 bridgehead atoms. The van der Waals surface area contributed by atoms with E-state index in [0.717, 1.165) is 17.0 Å². The number of anilines is 2. The van der Waals surface area contributed by atoms with Crippen LogP contribution in [0.25, 0.3) is 11.2 Å². The highest BCUT2D eigenvalue weighted by Crippen LogP contribution is 2.35. The van der Waals surface area contributed by atoms with E-state index in [1.807, 2.05) is 48.5 Å². The lowest BCUT2D eigenvalue weighted by Gasteiger charge is -2.07. The Kier molecular flexibility index (Phi) is 3.38. The van der Waals surface area contributed by atoms with Gasteiger partial charge in [-0.25, -0.2) is 14.6 Å². The molecule has 0 saturated heterocycles. The van der Waals surface area contributed by atoms with Crippen molar-refractivity contribution in [3.05, 3.63) is 60.4 Å². The first-order chi connectivity index (χ1) is 12.9. The fraction of sp³-hybridized carbons (Fsp3) is 0.111. The van der Waals surface area contributed by atoms with Gasteiger partial charge in [0.15, 0.2) is 28.5 Å². The zero-order valence-electron chi connectivity index (χ0n) is 13.7. The number of rotatable bonds is 4. The summed E-state index contributed by atoms with van der Waals surface area (Å²) in [6.45, 7) is 0.835. The summed E-state index contributed by atoms with van der Waals surface area (Å²) in [5.74, 6) is 2.03. The standard InChI is InChI=1S/C18H14N6O2/c1-2-4-12(5-3-1)9-24-18-16(22-23-24)17(19-10-20-18)21-13-6-7-14-15(8-13)26-11-25-14/h1-8,10H,9,11H2,(H,19,20,21). The first-order valence-electron chi connectivity index (χ1n) is 8.11. The van der Waals surface area contributed by atoms with Gasteiger partial charge in [-0.3, -0.25) is 0 Å². The Morgan fingerprint density at radius 1 is 1.00 bits per heavy atom. The highest BCUT2D eigenvalue weighted by atomic mass is 16.7. The highest BCUT2D eigenvalue weighted by molar-refractivity contribution is 5.84. The number of nitrogens with zero attached hydrogens (tertiary/aromatic N) is 5. The van der Waals surface area contributed by atoms with E-state index in [9.17, 15) is 0 Å². The summed E-state index contributed by atoms with van der Waals surface area (Å²) in [6.07, 6.45) is 1.50. The minimum Gasteiger partial charge on any atom is -0.454 e. The quantitative estimate of drug-likeness (QED) is 0.608. The molecule has 0 saturated carbocycles. The van der Waals surface area contributed by atoms with Crippen molar-refractivity contribution in [3.63, 3.8) is 0 Å². The van der Waals surface area contributed by atoms with Crippen LogP contribution in [0.2, 0.25) is 0 Å². The number of fused-ring (bicyclic) bond motifs is 2. The van der Waals surface area contributed by atoms with Crippen LogP contribution in [0.3, 0.4) is 0 Å². The van der Waals surface area contributed by atoms with Crippen molar-refractivity contribution < 1.29 is 9.47 Å². The summed E-state index contributed by atoms with van der Waals surface area (Å²) in [5, 5.41) is 11.7. The molecule has 1 aliphatic rings. The third-order valence-corrected chi connectivity index (χ3v) is 4.11. The molecule has 26 heavy (non-hydrogen) atoms. The predicted octanol–water partition coefficient (Wildman–Crippen LogP) is 2.74. The van der Waals surface area contributed by atoms with Crippen molar-refractivity contribution in [1.82, 2.24) is 25.0 Å². The summed E-state index contributed by atoms with van der Waals surface area (Å²) in [4.78, 5) is 8.65. The molecule has 0 fully saturated rings. The Morgan fingerprint density at radius 2 is 1.88 bits per heavy atom. The Bertz CT molecular complexity index is 1080. The van der Waals surface area contributed by atoms with Gasteiger partial charge in [0.05, 0.1) is 6.54 Å². The molecule has 0 atom stereocenters. The van der Waals surface area contributed by atoms with Gasteiger partial charge in [-0.1, -0.05) is 35.5 Å². The molecule has 0 amide bonds. The minimum absolute atomic E-state index is 0.240. The lowest BCUT2D eigenvalue weighted by atomic mass is 10.2. The van der Waals surface area contributed by atoms with Crippen molar-refractivity contribution >= 4 is 22.7 Å². The van der Waals surface area contributed by atoms with E-state index in [1.165, 1.54) is 6.33 Å². The van der Waals surface area contributed by atoms with Gasteiger partial charge in [-0.2, -0.15) is 0 Å². The van der Waals surface area contributed by atoms with E-state index < -0.39 is 0 Å². The third kappa shape index (κ3) is 2.57. The number of nitrogens with one attached hydrogen (secondary N) is 1. The molecule has 3 heterocycles. The summed E-state index contributed by atoms with van der Waals surface area (Å²) in [7, 11) is 0. The van der Waals surface area contributed by atoms with E-state index in [-0.39, 0.29) is 6.79 Å². The van der Waals surface area contributed by atoms with Gasteiger partial charge in [0.1, 0.15) is 6.33 Å². The molecule has 1 N–H and O–H groups in total. The van der Waals surface area contributed by atoms with E-state index in [2.05, 4.69) is 25.6 Å². The second-order valence-corrected chi connectivity index (χ2v) is 5.82. The van der Waals surface area contributed by atoms with Gasteiger partial charge < -0.3 is 14.8 Å². The molecule has 5 rings (SSSR count). The first-order valence-corrected chi connectivity index (χ1v) is 8.11. The first kappa shape index (κ1) is 14.6. The van der Waals surface area contributed by atoms with E-state index in [4.69, 9.17) is 9.47 Å². The van der Waals surface area contributed by atoms with Gasteiger partial charge >= 0.3 is 0 Å². The van der Waals surface area contributed by atoms with Crippen LogP contribution in [0.4, 0.5) is 11.5 Å². The fourth-order valence-corrected chi connectivity index (χ4v) is 2.86. The molecule has 0 aliphatic carbocycles. The Hall–Kier alpha value is -3.68. The molecule has 0 radical (unpaired) electrons. The molecular weight excluding hydrogens is 332 g/mol. The zero-order chi connectivity index (χ0) is 17.3. The van der Waals surface area contributed by atoms with Gasteiger partial charge in [-0.05, 0) is 17.7 Å². The van der Waals surface area contributed by atoms with E-state index >= 15 is 0 Å². The van der Waals surface area contributed by atoms with Gasteiger partial charge in [0, 0.05) is 11.8 Å². The second-order valence-electron chi connectivity index (χ2n) is 5.82. The van der Waals surface area contributed by atoms with E-state index in [1.54, 1.807) is 4.68 Å². The normalized spacial score (nSPS) is 12.5. The monoisotopic (exact) mass is 346 g/mol. The molecule has 0 spiro atoms. The summed E-state index contributed by atoms with van der Waals surface area (Å²) >= 11 is 0. The average Bonchev–Trinajstić information content (AvgIpc) is 3.30. The van der Waals surface area contributed by atoms with Crippen LogP contribution >= 0.6 is 0 Å². The minimum atomic E-state index is 0.240. The lowest BCUT2D eigenvalue weighted by Crippen LogP contribution is -2.03. The van der Waals surface area contributed by atoms with Crippen molar-refractivity contribution in [2.24, 2.45) is 0 Å². The highest BCUT2D eigenvalue weighted by Gasteiger charge is 2.16. The smallest absolute Gasteiger partial charge is 0.231 e. The van der Waals surface area contributed by atoms with Crippen molar-refractivity contribution in [2.45, 2.75) is 6.54 Å². The SMILES string of the molecule is c1ccc(Cn2nnc3c(Nc4ccc5c(c4)OCO5)ncnc32)cc1. The van der Waals surface area contributed by atoms with Crippen LogP contribution in [-0.4, -0.2) is 31.8 Å². The predicted molar refractivity (Wildman–Crippen MR) is 94.5 cm³/mol. The van der Waals surface area contributed by atoms with Crippen LogP contribution in [0.1, 0.15) is 5.56 Å². The molecular formula is C18H14N6O2. The van der Waals surface area contributed by atoms with Crippen molar-refractivity contribution in [2.75, 3.05) is 12.1 Å². The van der Waals surface area contributed by atoms with Gasteiger partial charge in [-0.15, -0.1) is 5.10 Å². The molecule has 8 heteroatoms. The second kappa shape index (κ2) is 5.99. The maximum atomic E-state index is 5.41. The van der Waals surface area contributed by atoms with Crippen LogP contribution in [0, 0.1) is 0 Å². The lowest BCUT2D eigenvalue weighted by molar-refractivity contribution is 0.174. The van der Waals surface area contributed by atoms with Crippen molar-refractivity contribution in [3.8, 4) is 11.5 Å². The zero-order valence-corrected chi connectivity index (χ0v) is 13.7. The number of ether oxygens (including phenoxy) is 2. The molecule has 4 aromatic rings. The van der Waals surface area contributed by atoms with Crippen LogP contribution < -0.4 is 14.8 Å². The topological polar surface area (TPSA) is 87.0 Å². The molecule has 2 aromatic heterocycles. The van der Waals surface area contributed by atoms with E-state index in [0.29, 0.717) is 29.3 Å². The summed E-state index contributed by atoms with van der Waals surface area (Å²) in [5.41, 5.74) is 3.24. The van der Waals surface area contributed by atoms with Crippen LogP contribution in [0.5, 0.6) is 11.5 Å². The van der Waals surface area contributed by atoms with Gasteiger partial charge in [0.25, 0.3) is 0 Å². The Labute approximate surface area is 148 Å². The number of hydrogen-bond donors (Lipinski definition) is 1. The molecule has 2 aromatic carbocycles. The molecule has 0 unspecified atom stereocenters. The fourth-order valence-electron chi connectivity index (χ4n) is 2.86. The number of aromatic nitrogens is 5. The third-order valence-electron chi connectivity index (χ3n) is 4.11. The summed E-state index contributed by atoms with van der Waals surface area (Å²) < 4.78 is 12.5. The number of hydrogen-bond acceptors (Lipinski definition) is 7. The Morgan fingerprint density at radius 3 is 2.81 bits per heavy atom. The molecule has 1 aliphatic heterocycles. The van der Waals surface area contributed by atoms with Crippen LogP contribution in [0.15, 0.2) is 54.9 Å². The largest absolute Gasteiger partial charge is 0.454 e. The Balaban J connectivity index is 1.47. The van der Waals surface area contributed by atoms with Crippen molar-refractivity contribution in [1.29, 1.82) is 0 Å². The molecule has 8 nitrogen and oxygen atoms in total. The average molecular weight is 346 g/mol. The molecule has 128 valence electrons.